The molecule has 0 bridgehead atoms. The summed E-state index contributed by atoms with van der Waals surface area (Å²) in [5.41, 5.74) is 1.09. The Morgan fingerprint density at radius 3 is 3.24 bits per heavy atom. The Morgan fingerprint density at radius 2 is 2.53 bits per heavy atom. The maximum absolute atomic E-state index is 5.44. The number of aromatic nitrogens is 1. The van der Waals surface area contributed by atoms with Gasteiger partial charge in [0.1, 0.15) is 0 Å². The summed E-state index contributed by atoms with van der Waals surface area (Å²) in [6.07, 6.45) is 2.92. The van der Waals surface area contributed by atoms with Crippen LogP contribution in [0, 0.1) is 0 Å². The fourth-order valence-electron chi connectivity index (χ4n) is 2.06. The molecule has 4 nitrogen and oxygen atoms in total. The van der Waals surface area contributed by atoms with E-state index >= 15 is 0 Å². The molecule has 1 aromatic rings. The fourth-order valence-corrected chi connectivity index (χ4v) is 2.06. The lowest BCUT2D eigenvalue weighted by Gasteiger charge is -2.26. The van der Waals surface area contributed by atoms with Crippen molar-refractivity contribution in [2.75, 3.05) is 19.8 Å². The topological polar surface area (TPSA) is 46.2 Å². The van der Waals surface area contributed by atoms with Gasteiger partial charge < -0.3 is 15.4 Å². The number of hydrogen-bond donors (Lipinski definition) is 2. The summed E-state index contributed by atoms with van der Waals surface area (Å²) in [4.78, 5) is 4.29. The van der Waals surface area contributed by atoms with Crippen molar-refractivity contribution in [1.29, 1.82) is 0 Å². The van der Waals surface area contributed by atoms with E-state index in [0.717, 1.165) is 38.4 Å². The number of ether oxygens (including phenoxy) is 1. The van der Waals surface area contributed by atoms with Crippen LogP contribution in [0.25, 0.3) is 0 Å². The molecule has 1 aliphatic rings. The van der Waals surface area contributed by atoms with Gasteiger partial charge in [-0.1, -0.05) is 6.07 Å². The molecule has 0 saturated carbocycles. The first-order valence-electron chi connectivity index (χ1n) is 6.29. The molecule has 0 radical (unpaired) electrons. The van der Waals surface area contributed by atoms with Crippen LogP contribution in [0.2, 0.25) is 0 Å². The van der Waals surface area contributed by atoms with Gasteiger partial charge in [0.15, 0.2) is 0 Å². The quantitative estimate of drug-likeness (QED) is 0.797. The Kier molecular flexibility index (Phi) is 4.91. The van der Waals surface area contributed by atoms with E-state index < -0.39 is 0 Å². The van der Waals surface area contributed by atoms with Gasteiger partial charge in [0.25, 0.3) is 0 Å². The molecular formula is C13H21N3O. The number of nitrogens with zero attached hydrogens (tertiary/aromatic N) is 1. The summed E-state index contributed by atoms with van der Waals surface area (Å²) in [6.45, 7) is 5.67. The van der Waals surface area contributed by atoms with Crippen LogP contribution in [0.1, 0.15) is 19.0 Å². The molecule has 2 rings (SSSR count). The van der Waals surface area contributed by atoms with Crippen molar-refractivity contribution in [2.24, 2.45) is 0 Å². The molecule has 2 N–H and O–H groups in total. The molecule has 0 aromatic carbocycles. The minimum absolute atomic E-state index is 0.469. The minimum Gasteiger partial charge on any atom is -0.379 e. The molecule has 17 heavy (non-hydrogen) atoms. The highest BCUT2D eigenvalue weighted by atomic mass is 16.5. The van der Waals surface area contributed by atoms with Crippen LogP contribution in [0.5, 0.6) is 0 Å². The van der Waals surface area contributed by atoms with Crippen molar-refractivity contribution in [3.05, 3.63) is 30.1 Å². The van der Waals surface area contributed by atoms with Crippen molar-refractivity contribution < 1.29 is 4.74 Å². The standard InChI is InChI=1S/C13H21N3O/c1-11(8-13-10-17-7-6-15-13)16-9-12-4-2-3-5-14-12/h2-5,11,13,15-16H,6-10H2,1H3. The summed E-state index contributed by atoms with van der Waals surface area (Å²) in [6, 6.07) is 6.95. The van der Waals surface area contributed by atoms with Gasteiger partial charge in [-0.3, -0.25) is 4.98 Å². The average molecular weight is 235 g/mol. The molecule has 1 fully saturated rings. The molecule has 0 spiro atoms. The average Bonchev–Trinajstić information content (AvgIpc) is 2.39. The number of pyridine rings is 1. The lowest BCUT2D eigenvalue weighted by Crippen LogP contribution is -2.44. The van der Waals surface area contributed by atoms with Crippen LogP contribution in [0.3, 0.4) is 0 Å². The SMILES string of the molecule is CC(CC1COCCN1)NCc1ccccn1. The van der Waals surface area contributed by atoms with E-state index in [-0.39, 0.29) is 0 Å². The molecular weight excluding hydrogens is 214 g/mol. The third-order valence-corrected chi connectivity index (χ3v) is 2.99. The second kappa shape index (κ2) is 6.69. The Labute approximate surface area is 103 Å². The lowest BCUT2D eigenvalue weighted by atomic mass is 10.1. The Morgan fingerprint density at radius 1 is 1.59 bits per heavy atom. The smallest absolute Gasteiger partial charge is 0.0620 e. The predicted octanol–water partition coefficient (Wildman–Crippen LogP) is 0.938. The Balaban J connectivity index is 1.68. The first kappa shape index (κ1) is 12.5. The van der Waals surface area contributed by atoms with Gasteiger partial charge in [0.2, 0.25) is 0 Å². The highest BCUT2D eigenvalue weighted by Gasteiger charge is 2.15. The second-order valence-electron chi connectivity index (χ2n) is 4.56. The third kappa shape index (κ3) is 4.42. The summed E-state index contributed by atoms with van der Waals surface area (Å²) >= 11 is 0. The zero-order valence-corrected chi connectivity index (χ0v) is 10.4. The molecule has 2 heterocycles. The van der Waals surface area contributed by atoms with Crippen molar-refractivity contribution in [3.63, 3.8) is 0 Å². The first-order chi connectivity index (χ1) is 8.34. The Bertz CT molecular complexity index is 312. The van der Waals surface area contributed by atoms with E-state index in [9.17, 15) is 0 Å². The molecule has 1 aliphatic heterocycles. The minimum atomic E-state index is 0.469. The normalized spacial score (nSPS) is 22.3. The van der Waals surface area contributed by atoms with Gasteiger partial charge in [-0.15, -0.1) is 0 Å². The summed E-state index contributed by atoms with van der Waals surface area (Å²) in [5, 5.41) is 6.96. The van der Waals surface area contributed by atoms with Gasteiger partial charge >= 0.3 is 0 Å². The molecule has 4 heteroatoms. The maximum Gasteiger partial charge on any atom is 0.0620 e. The van der Waals surface area contributed by atoms with E-state index in [0.29, 0.717) is 12.1 Å². The summed E-state index contributed by atoms with van der Waals surface area (Å²) < 4.78 is 5.44. The van der Waals surface area contributed by atoms with E-state index in [1.54, 1.807) is 0 Å². The molecule has 1 saturated heterocycles. The number of rotatable bonds is 5. The van der Waals surface area contributed by atoms with Gasteiger partial charge in [0.05, 0.1) is 18.9 Å². The largest absolute Gasteiger partial charge is 0.379 e. The van der Waals surface area contributed by atoms with E-state index in [2.05, 4.69) is 22.5 Å². The molecule has 0 aliphatic carbocycles. The molecule has 2 unspecified atom stereocenters. The number of hydrogen-bond acceptors (Lipinski definition) is 4. The zero-order chi connectivity index (χ0) is 11.9. The summed E-state index contributed by atoms with van der Waals surface area (Å²) in [5.74, 6) is 0. The van der Waals surface area contributed by atoms with Crippen LogP contribution in [0.15, 0.2) is 24.4 Å². The van der Waals surface area contributed by atoms with Crippen LogP contribution in [-0.2, 0) is 11.3 Å². The Hall–Kier alpha value is -0.970. The van der Waals surface area contributed by atoms with E-state index in [1.165, 1.54) is 0 Å². The van der Waals surface area contributed by atoms with E-state index in [1.807, 2.05) is 24.4 Å². The van der Waals surface area contributed by atoms with E-state index in [4.69, 9.17) is 4.74 Å². The fraction of sp³-hybridized carbons (Fsp3) is 0.615. The zero-order valence-electron chi connectivity index (χ0n) is 10.4. The predicted molar refractivity (Wildman–Crippen MR) is 67.8 cm³/mol. The van der Waals surface area contributed by atoms with Crippen LogP contribution in [0.4, 0.5) is 0 Å². The van der Waals surface area contributed by atoms with Crippen molar-refractivity contribution >= 4 is 0 Å². The van der Waals surface area contributed by atoms with Gasteiger partial charge in [-0.2, -0.15) is 0 Å². The van der Waals surface area contributed by atoms with Crippen LogP contribution >= 0.6 is 0 Å². The van der Waals surface area contributed by atoms with Crippen molar-refractivity contribution in [2.45, 2.75) is 32.0 Å². The highest BCUT2D eigenvalue weighted by Crippen LogP contribution is 2.03. The summed E-state index contributed by atoms with van der Waals surface area (Å²) in [7, 11) is 0. The lowest BCUT2D eigenvalue weighted by molar-refractivity contribution is 0.0712. The highest BCUT2D eigenvalue weighted by molar-refractivity contribution is 5.03. The molecule has 2 atom stereocenters. The van der Waals surface area contributed by atoms with Gasteiger partial charge in [-0.25, -0.2) is 0 Å². The van der Waals surface area contributed by atoms with Crippen LogP contribution in [-0.4, -0.2) is 36.8 Å². The molecule has 1 aromatic heterocycles. The van der Waals surface area contributed by atoms with Crippen molar-refractivity contribution in [1.82, 2.24) is 15.6 Å². The molecule has 0 amide bonds. The number of morpholine rings is 1. The van der Waals surface area contributed by atoms with Crippen molar-refractivity contribution in [3.8, 4) is 0 Å². The maximum atomic E-state index is 5.44. The third-order valence-electron chi connectivity index (χ3n) is 2.99. The first-order valence-corrected chi connectivity index (χ1v) is 6.29. The number of nitrogens with one attached hydrogen (secondary N) is 2. The van der Waals surface area contributed by atoms with Crippen LogP contribution < -0.4 is 10.6 Å². The molecule has 94 valence electrons. The second-order valence-corrected chi connectivity index (χ2v) is 4.56. The van der Waals surface area contributed by atoms with Gasteiger partial charge in [-0.05, 0) is 25.5 Å². The monoisotopic (exact) mass is 235 g/mol. The van der Waals surface area contributed by atoms with Gasteiger partial charge in [0, 0.05) is 31.4 Å².